The van der Waals surface area contributed by atoms with Gasteiger partial charge in [-0.15, -0.1) is 0 Å². The van der Waals surface area contributed by atoms with Crippen LogP contribution in [0.25, 0.3) is 0 Å². The number of benzene rings is 1. The minimum Gasteiger partial charge on any atom is -0.369 e. The van der Waals surface area contributed by atoms with Crippen molar-refractivity contribution in [3.63, 3.8) is 0 Å². The molecule has 0 radical (unpaired) electrons. The van der Waals surface area contributed by atoms with Crippen LogP contribution in [0.5, 0.6) is 0 Å². The van der Waals surface area contributed by atoms with Gasteiger partial charge in [0.2, 0.25) is 0 Å². The SMILES string of the molecule is CC(C)CNCc1cccc(F)c1N1CCC(C)CC1. The van der Waals surface area contributed by atoms with Gasteiger partial charge < -0.3 is 10.2 Å². The second-order valence-corrected chi connectivity index (χ2v) is 6.44. The lowest BCUT2D eigenvalue weighted by Crippen LogP contribution is -2.34. The molecule has 0 unspecified atom stereocenters. The molecule has 2 rings (SSSR count). The van der Waals surface area contributed by atoms with E-state index in [2.05, 4.69) is 31.0 Å². The molecule has 0 aliphatic carbocycles. The molecule has 1 fully saturated rings. The molecule has 112 valence electrons. The summed E-state index contributed by atoms with van der Waals surface area (Å²) in [6.07, 6.45) is 2.32. The maximum Gasteiger partial charge on any atom is 0.146 e. The standard InChI is InChI=1S/C17H27FN2/c1-13(2)11-19-12-15-5-4-6-16(18)17(15)20-9-7-14(3)8-10-20/h4-6,13-14,19H,7-12H2,1-3H3. The summed E-state index contributed by atoms with van der Waals surface area (Å²) in [5.41, 5.74) is 1.90. The zero-order valence-electron chi connectivity index (χ0n) is 13.0. The molecule has 0 spiro atoms. The molecular weight excluding hydrogens is 251 g/mol. The van der Waals surface area contributed by atoms with E-state index in [4.69, 9.17) is 0 Å². The first-order valence-corrected chi connectivity index (χ1v) is 7.81. The molecule has 0 bridgehead atoms. The summed E-state index contributed by atoms with van der Waals surface area (Å²) in [5, 5.41) is 3.42. The molecule has 1 N–H and O–H groups in total. The summed E-state index contributed by atoms with van der Waals surface area (Å²) in [7, 11) is 0. The highest BCUT2D eigenvalue weighted by atomic mass is 19.1. The average molecular weight is 278 g/mol. The molecule has 0 aromatic heterocycles. The van der Waals surface area contributed by atoms with Crippen LogP contribution in [0, 0.1) is 17.7 Å². The lowest BCUT2D eigenvalue weighted by Gasteiger charge is -2.33. The smallest absolute Gasteiger partial charge is 0.146 e. The molecule has 1 aliphatic rings. The van der Waals surface area contributed by atoms with Crippen LogP contribution in [0.2, 0.25) is 0 Å². The first-order chi connectivity index (χ1) is 9.58. The maximum atomic E-state index is 14.2. The number of hydrogen-bond donors (Lipinski definition) is 1. The van der Waals surface area contributed by atoms with Gasteiger partial charge in [0.05, 0.1) is 5.69 Å². The van der Waals surface area contributed by atoms with Gasteiger partial charge in [0, 0.05) is 19.6 Å². The van der Waals surface area contributed by atoms with E-state index in [1.807, 2.05) is 12.1 Å². The van der Waals surface area contributed by atoms with Crippen molar-refractivity contribution in [2.45, 2.75) is 40.2 Å². The van der Waals surface area contributed by atoms with Crippen molar-refractivity contribution < 1.29 is 4.39 Å². The second kappa shape index (κ2) is 7.07. The third kappa shape index (κ3) is 3.95. The van der Waals surface area contributed by atoms with Gasteiger partial charge in [-0.25, -0.2) is 4.39 Å². The number of nitrogens with one attached hydrogen (secondary N) is 1. The van der Waals surface area contributed by atoms with Crippen LogP contribution < -0.4 is 10.2 Å². The molecule has 1 aromatic rings. The van der Waals surface area contributed by atoms with Crippen molar-refractivity contribution in [3.05, 3.63) is 29.6 Å². The highest BCUT2D eigenvalue weighted by Gasteiger charge is 2.21. The third-order valence-corrected chi connectivity index (χ3v) is 4.04. The van der Waals surface area contributed by atoms with Crippen LogP contribution in [-0.4, -0.2) is 19.6 Å². The van der Waals surface area contributed by atoms with Gasteiger partial charge in [-0.05, 0) is 42.9 Å². The van der Waals surface area contributed by atoms with Crippen molar-refractivity contribution in [1.29, 1.82) is 0 Å². The predicted molar refractivity (Wildman–Crippen MR) is 83.6 cm³/mol. The Morgan fingerprint density at radius 3 is 2.65 bits per heavy atom. The van der Waals surface area contributed by atoms with Crippen LogP contribution in [0.15, 0.2) is 18.2 Å². The third-order valence-electron chi connectivity index (χ3n) is 4.04. The van der Waals surface area contributed by atoms with E-state index in [1.165, 1.54) is 0 Å². The second-order valence-electron chi connectivity index (χ2n) is 6.44. The van der Waals surface area contributed by atoms with Crippen molar-refractivity contribution >= 4 is 5.69 Å². The Bertz CT molecular complexity index is 423. The van der Waals surface area contributed by atoms with Gasteiger partial charge in [0.25, 0.3) is 0 Å². The van der Waals surface area contributed by atoms with Crippen molar-refractivity contribution in [2.75, 3.05) is 24.5 Å². The van der Waals surface area contributed by atoms with Crippen molar-refractivity contribution in [1.82, 2.24) is 5.32 Å². The molecule has 1 saturated heterocycles. The fourth-order valence-corrected chi connectivity index (χ4v) is 2.78. The largest absolute Gasteiger partial charge is 0.369 e. The normalized spacial score (nSPS) is 16.9. The zero-order chi connectivity index (χ0) is 14.5. The summed E-state index contributed by atoms with van der Waals surface area (Å²) < 4.78 is 14.2. The van der Waals surface area contributed by atoms with E-state index in [-0.39, 0.29) is 5.82 Å². The summed E-state index contributed by atoms with van der Waals surface area (Å²) in [6.45, 7) is 10.3. The quantitative estimate of drug-likeness (QED) is 0.881. The van der Waals surface area contributed by atoms with Gasteiger partial charge in [-0.3, -0.25) is 0 Å². The minimum atomic E-state index is -0.0802. The van der Waals surface area contributed by atoms with E-state index in [9.17, 15) is 4.39 Å². The molecule has 0 atom stereocenters. The van der Waals surface area contributed by atoms with Crippen LogP contribution in [0.3, 0.4) is 0 Å². The molecule has 0 amide bonds. The Labute approximate surface area is 122 Å². The molecule has 1 heterocycles. The van der Waals surface area contributed by atoms with Crippen LogP contribution in [-0.2, 0) is 6.54 Å². The van der Waals surface area contributed by atoms with Gasteiger partial charge in [0.1, 0.15) is 5.82 Å². The zero-order valence-corrected chi connectivity index (χ0v) is 13.0. The molecular formula is C17H27FN2. The van der Waals surface area contributed by atoms with Gasteiger partial charge in [-0.1, -0.05) is 32.9 Å². The summed E-state index contributed by atoms with van der Waals surface area (Å²) in [5.74, 6) is 1.30. The summed E-state index contributed by atoms with van der Waals surface area (Å²) in [4.78, 5) is 2.22. The number of rotatable bonds is 5. The number of hydrogen-bond acceptors (Lipinski definition) is 2. The molecule has 20 heavy (non-hydrogen) atoms. The first-order valence-electron chi connectivity index (χ1n) is 7.81. The molecule has 3 heteroatoms. The summed E-state index contributed by atoms with van der Waals surface area (Å²) >= 11 is 0. The van der Waals surface area contributed by atoms with Crippen LogP contribution in [0.1, 0.15) is 39.2 Å². The number of halogens is 1. The number of piperidine rings is 1. The van der Waals surface area contributed by atoms with Crippen molar-refractivity contribution in [3.8, 4) is 0 Å². The highest BCUT2D eigenvalue weighted by Crippen LogP contribution is 2.29. The van der Waals surface area contributed by atoms with E-state index in [0.717, 1.165) is 56.2 Å². The van der Waals surface area contributed by atoms with Crippen molar-refractivity contribution in [2.24, 2.45) is 11.8 Å². The van der Waals surface area contributed by atoms with E-state index in [0.29, 0.717) is 5.92 Å². The first kappa shape index (κ1) is 15.3. The number of anilines is 1. The summed E-state index contributed by atoms with van der Waals surface area (Å²) in [6, 6.07) is 5.45. The molecule has 1 aliphatic heterocycles. The van der Waals surface area contributed by atoms with E-state index >= 15 is 0 Å². The highest BCUT2D eigenvalue weighted by molar-refractivity contribution is 5.55. The maximum absolute atomic E-state index is 14.2. The fourth-order valence-electron chi connectivity index (χ4n) is 2.78. The number of para-hydroxylation sites is 1. The Hall–Kier alpha value is -1.09. The van der Waals surface area contributed by atoms with Crippen LogP contribution in [0.4, 0.5) is 10.1 Å². The van der Waals surface area contributed by atoms with Gasteiger partial charge >= 0.3 is 0 Å². The number of nitrogens with zero attached hydrogens (tertiary/aromatic N) is 1. The van der Waals surface area contributed by atoms with E-state index in [1.54, 1.807) is 6.07 Å². The molecule has 2 nitrogen and oxygen atoms in total. The predicted octanol–water partition coefficient (Wildman–Crippen LogP) is 3.81. The lowest BCUT2D eigenvalue weighted by atomic mass is 9.98. The lowest BCUT2D eigenvalue weighted by molar-refractivity contribution is 0.433. The van der Waals surface area contributed by atoms with E-state index < -0.39 is 0 Å². The topological polar surface area (TPSA) is 15.3 Å². The Morgan fingerprint density at radius 1 is 1.30 bits per heavy atom. The van der Waals surface area contributed by atoms with Gasteiger partial charge in [0.15, 0.2) is 0 Å². The van der Waals surface area contributed by atoms with Gasteiger partial charge in [-0.2, -0.15) is 0 Å². The monoisotopic (exact) mass is 278 g/mol. The molecule has 0 saturated carbocycles. The average Bonchev–Trinajstić information content (AvgIpc) is 2.40. The fraction of sp³-hybridized carbons (Fsp3) is 0.647. The van der Waals surface area contributed by atoms with Crippen LogP contribution >= 0.6 is 0 Å². The Morgan fingerprint density at radius 2 is 2.00 bits per heavy atom. The Kier molecular flexibility index (Phi) is 5.41. The Balaban J connectivity index is 2.09. The minimum absolute atomic E-state index is 0.0802. The molecule has 1 aromatic carbocycles.